The number of benzene rings is 1. The highest BCUT2D eigenvalue weighted by Gasteiger charge is 2.30. The first kappa shape index (κ1) is 16.9. The van der Waals surface area contributed by atoms with Gasteiger partial charge in [0.25, 0.3) is 0 Å². The fraction of sp³-hybridized carbons (Fsp3) is 0.353. The van der Waals surface area contributed by atoms with Crippen LogP contribution >= 0.6 is 0 Å². The summed E-state index contributed by atoms with van der Waals surface area (Å²) in [6.07, 6.45) is 1.78. The van der Waals surface area contributed by atoms with E-state index in [9.17, 15) is 8.42 Å². The molecule has 128 valence electrons. The summed E-state index contributed by atoms with van der Waals surface area (Å²) in [7, 11) is -2.05. The van der Waals surface area contributed by atoms with Crippen molar-refractivity contribution in [1.29, 1.82) is 0 Å². The minimum absolute atomic E-state index is 0.227. The van der Waals surface area contributed by atoms with Gasteiger partial charge in [-0.15, -0.1) is 0 Å². The zero-order valence-electron chi connectivity index (χ0n) is 13.6. The second-order valence-electron chi connectivity index (χ2n) is 5.65. The van der Waals surface area contributed by atoms with E-state index in [0.29, 0.717) is 31.9 Å². The standard InChI is InChI=1S/C17H21N3O3S/c1-23-16-7-2-3-8-17(16)24(21,22)20-12-10-19(11-13-20)14-15-6-4-5-9-18-15/h2-9H,10-14H2,1H3. The molecule has 0 bridgehead atoms. The second-order valence-corrected chi connectivity index (χ2v) is 7.56. The van der Waals surface area contributed by atoms with Crippen LogP contribution in [0.5, 0.6) is 5.75 Å². The van der Waals surface area contributed by atoms with E-state index in [0.717, 1.165) is 12.2 Å². The highest BCUT2D eigenvalue weighted by atomic mass is 32.2. The Balaban J connectivity index is 1.67. The van der Waals surface area contributed by atoms with E-state index < -0.39 is 10.0 Å². The molecule has 0 N–H and O–H groups in total. The summed E-state index contributed by atoms with van der Waals surface area (Å²) in [6, 6.07) is 12.6. The Morgan fingerprint density at radius 2 is 1.75 bits per heavy atom. The van der Waals surface area contributed by atoms with Crippen molar-refractivity contribution >= 4 is 10.0 Å². The van der Waals surface area contributed by atoms with Gasteiger partial charge in [-0.2, -0.15) is 4.31 Å². The Morgan fingerprint density at radius 1 is 1.04 bits per heavy atom. The van der Waals surface area contributed by atoms with Gasteiger partial charge in [-0.3, -0.25) is 9.88 Å². The number of para-hydroxylation sites is 1. The van der Waals surface area contributed by atoms with Gasteiger partial charge in [-0.25, -0.2) is 8.42 Å². The normalized spacial score (nSPS) is 16.9. The molecule has 1 aliphatic heterocycles. The molecular formula is C17H21N3O3S. The molecule has 0 atom stereocenters. The van der Waals surface area contributed by atoms with E-state index in [1.807, 2.05) is 18.2 Å². The van der Waals surface area contributed by atoms with Crippen molar-refractivity contribution in [3.63, 3.8) is 0 Å². The average Bonchev–Trinajstić information content (AvgIpc) is 2.63. The molecule has 2 heterocycles. The number of nitrogens with zero attached hydrogens (tertiary/aromatic N) is 3. The zero-order valence-corrected chi connectivity index (χ0v) is 14.4. The van der Waals surface area contributed by atoms with Crippen LogP contribution in [0, 0.1) is 0 Å². The van der Waals surface area contributed by atoms with Crippen molar-refractivity contribution < 1.29 is 13.2 Å². The summed E-state index contributed by atoms with van der Waals surface area (Å²) in [5.74, 6) is 0.383. The van der Waals surface area contributed by atoms with Gasteiger partial charge in [0.05, 0.1) is 12.8 Å². The van der Waals surface area contributed by atoms with Crippen LogP contribution in [0.4, 0.5) is 0 Å². The van der Waals surface area contributed by atoms with Crippen LogP contribution in [0.25, 0.3) is 0 Å². The Bertz CT molecular complexity index is 773. The van der Waals surface area contributed by atoms with Crippen LogP contribution in [0.1, 0.15) is 5.69 Å². The summed E-state index contributed by atoms with van der Waals surface area (Å²) >= 11 is 0. The first-order chi connectivity index (χ1) is 11.6. The molecule has 2 aromatic rings. The largest absolute Gasteiger partial charge is 0.495 e. The minimum Gasteiger partial charge on any atom is -0.495 e. The van der Waals surface area contributed by atoms with E-state index >= 15 is 0 Å². The van der Waals surface area contributed by atoms with Gasteiger partial charge in [0.15, 0.2) is 0 Å². The van der Waals surface area contributed by atoms with Crippen molar-refractivity contribution in [1.82, 2.24) is 14.2 Å². The molecule has 0 amide bonds. The zero-order chi connectivity index (χ0) is 17.0. The third-order valence-electron chi connectivity index (χ3n) is 4.13. The van der Waals surface area contributed by atoms with E-state index in [1.165, 1.54) is 11.4 Å². The maximum absolute atomic E-state index is 12.8. The number of rotatable bonds is 5. The van der Waals surface area contributed by atoms with Gasteiger partial charge in [0.2, 0.25) is 10.0 Å². The maximum Gasteiger partial charge on any atom is 0.246 e. The fourth-order valence-electron chi connectivity index (χ4n) is 2.82. The molecule has 1 aromatic heterocycles. The van der Waals surface area contributed by atoms with Gasteiger partial charge >= 0.3 is 0 Å². The molecule has 1 fully saturated rings. The Morgan fingerprint density at radius 3 is 2.42 bits per heavy atom. The number of ether oxygens (including phenoxy) is 1. The molecule has 1 saturated heterocycles. The summed E-state index contributed by atoms with van der Waals surface area (Å²) in [5.41, 5.74) is 0.999. The first-order valence-electron chi connectivity index (χ1n) is 7.86. The Kier molecular flexibility index (Phi) is 5.13. The van der Waals surface area contributed by atoms with Crippen LogP contribution in [-0.2, 0) is 16.6 Å². The lowest BCUT2D eigenvalue weighted by molar-refractivity contribution is 0.179. The third-order valence-corrected chi connectivity index (χ3v) is 6.07. The molecule has 1 aromatic carbocycles. The number of aromatic nitrogens is 1. The first-order valence-corrected chi connectivity index (χ1v) is 9.30. The molecular weight excluding hydrogens is 326 g/mol. The lowest BCUT2D eigenvalue weighted by Gasteiger charge is -2.33. The smallest absolute Gasteiger partial charge is 0.246 e. The Labute approximate surface area is 142 Å². The van der Waals surface area contributed by atoms with E-state index in [-0.39, 0.29) is 4.90 Å². The van der Waals surface area contributed by atoms with Gasteiger partial charge in [-0.1, -0.05) is 18.2 Å². The van der Waals surface area contributed by atoms with E-state index in [4.69, 9.17) is 4.74 Å². The summed E-state index contributed by atoms with van der Waals surface area (Å²) in [4.78, 5) is 6.77. The number of methoxy groups -OCH3 is 1. The second kappa shape index (κ2) is 7.29. The van der Waals surface area contributed by atoms with Crippen LogP contribution < -0.4 is 4.74 Å². The van der Waals surface area contributed by atoms with Crippen LogP contribution in [0.15, 0.2) is 53.6 Å². The molecule has 0 unspecified atom stereocenters. The van der Waals surface area contributed by atoms with Crippen molar-refractivity contribution in [2.24, 2.45) is 0 Å². The Hall–Kier alpha value is -1.96. The summed E-state index contributed by atoms with van der Waals surface area (Å²) in [5, 5.41) is 0. The number of piperazine rings is 1. The number of sulfonamides is 1. The summed E-state index contributed by atoms with van der Waals surface area (Å²) in [6.45, 7) is 3.04. The molecule has 7 heteroatoms. The quantitative estimate of drug-likeness (QED) is 0.822. The number of hydrogen-bond acceptors (Lipinski definition) is 5. The molecule has 3 rings (SSSR count). The molecule has 0 saturated carbocycles. The minimum atomic E-state index is -3.54. The molecule has 0 aliphatic carbocycles. The van der Waals surface area contributed by atoms with Gasteiger partial charge in [-0.05, 0) is 24.3 Å². The van der Waals surface area contributed by atoms with Gasteiger partial charge < -0.3 is 4.74 Å². The van der Waals surface area contributed by atoms with Crippen LogP contribution in [0.3, 0.4) is 0 Å². The SMILES string of the molecule is COc1ccccc1S(=O)(=O)N1CCN(Cc2ccccn2)CC1. The molecule has 0 spiro atoms. The predicted molar refractivity (Wildman–Crippen MR) is 91.3 cm³/mol. The molecule has 1 aliphatic rings. The fourth-order valence-corrected chi connectivity index (χ4v) is 4.40. The van der Waals surface area contributed by atoms with Crippen molar-refractivity contribution in [2.75, 3.05) is 33.3 Å². The lowest BCUT2D eigenvalue weighted by atomic mass is 10.3. The predicted octanol–water partition coefficient (Wildman–Crippen LogP) is 1.60. The molecule has 24 heavy (non-hydrogen) atoms. The third kappa shape index (κ3) is 3.58. The summed E-state index contributed by atoms with van der Waals surface area (Å²) < 4.78 is 32.4. The average molecular weight is 347 g/mol. The van der Waals surface area contributed by atoms with Gasteiger partial charge in [0, 0.05) is 38.9 Å². The van der Waals surface area contributed by atoms with Crippen LogP contribution in [0.2, 0.25) is 0 Å². The monoisotopic (exact) mass is 347 g/mol. The van der Waals surface area contributed by atoms with Gasteiger partial charge in [0.1, 0.15) is 10.6 Å². The number of pyridine rings is 1. The van der Waals surface area contributed by atoms with Crippen molar-refractivity contribution in [3.8, 4) is 5.75 Å². The topological polar surface area (TPSA) is 62.7 Å². The maximum atomic E-state index is 12.8. The number of hydrogen-bond donors (Lipinski definition) is 0. The highest BCUT2D eigenvalue weighted by molar-refractivity contribution is 7.89. The highest BCUT2D eigenvalue weighted by Crippen LogP contribution is 2.26. The molecule has 6 nitrogen and oxygen atoms in total. The lowest BCUT2D eigenvalue weighted by Crippen LogP contribution is -2.48. The van der Waals surface area contributed by atoms with Crippen LogP contribution in [-0.4, -0.2) is 55.9 Å². The van der Waals surface area contributed by atoms with Crippen molar-refractivity contribution in [2.45, 2.75) is 11.4 Å². The van der Waals surface area contributed by atoms with Crippen molar-refractivity contribution in [3.05, 3.63) is 54.4 Å². The van der Waals surface area contributed by atoms with E-state index in [2.05, 4.69) is 9.88 Å². The van der Waals surface area contributed by atoms with E-state index in [1.54, 1.807) is 30.5 Å². The molecule has 0 radical (unpaired) electrons.